The number of rotatable bonds is 2. The smallest absolute Gasteiger partial charge is 0.171 e. The maximum Gasteiger partial charge on any atom is 0.389 e. The van der Waals surface area contributed by atoms with E-state index in [-0.39, 0.29) is 0 Å². The Morgan fingerprint density at radius 1 is 1.25 bits per heavy atom. The van der Waals surface area contributed by atoms with Gasteiger partial charge in [-0.1, -0.05) is 28.1 Å². The van der Waals surface area contributed by atoms with E-state index >= 15 is 0 Å². The predicted octanol–water partition coefficient (Wildman–Crippen LogP) is 3.67. The van der Waals surface area contributed by atoms with Gasteiger partial charge in [0.1, 0.15) is 0 Å². The molecule has 0 saturated carbocycles. The van der Waals surface area contributed by atoms with E-state index < -0.39 is 18.0 Å². The monoisotopic (exact) mass is 242 g/mol. The van der Waals surface area contributed by atoms with Crippen LogP contribution >= 0.6 is 15.9 Å². The third-order valence-corrected chi connectivity index (χ3v) is 3.32. The van der Waals surface area contributed by atoms with E-state index in [0.29, 0.717) is 18.2 Å². The molecule has 1 rings (SSSR count). The van der Waals surface area contributed by atoms with E-state index in [2.05, 4.69) is 15.9 Å². The molecule has 0 bridgehead atoms. The van der Waals surface area contributed by atoms with Crippen LogP contribution in [0, 0.1) is 5.41 Å². The van der Waals surface area contributed by atoms with E-state index in [9.17, 15) is 13.2 Å². The van der Waals surface area contributed by atoms with Crippen LogP contribution in [-0.4, -0.2) is 11.5 Å². The summed E-state index contributed by atoms with van der Waals surface area (Å²) < 4.78 is 36.3. The van der Waals surface area contributed by atoms with Crippen LogP contribution in [0.1, 0.15) is 19.3 Å². The zero-order valence-electron chi connectivity index (χ0n) is 6.49. The van der Waals surface area contributed by atoms with Crippen molar-refractivity contribution < 1.29 is 13.2 Å². The number of alkyl halides is 4. The van der Waals surface area contributed by atoms with Gasteiger partial charge in [-0.3, -0.25) is 0 Å². The molecule has 0 fully saturated rings. The lowest BCUT2D eigenvalue weighted by Crippen LogP contribution is -2.27. The lowest BCUT2D eigenvalue weighted by atomic mass is 9.84. The standard InChI is InChI=1S/C8H10BrF3/c9-6-7(3-1-2-4-7)5-8(10,11)12/h1-2H,3-6H2. The minimum atomic E-state index is -4.04. The summed E-state index contributed by atoms with van der Waals surface area (Å²) >= 11 is 3.15. The van der Waals surface area contributed by atoms with E-state index in [1.165, 1.54) is 0 Å². The second-order valence-electron chi connectivity index (χ2n) is 3.31. The summed E-state index contributed by atoms with van der Waals surface area (Å²) in [5.41, 5.74) is -0.599. The largest absolute Gasteiger partial charge is 0.389 e. The van der Waals surface area contributed by atoms with Gasteiger partial charge in [-0.2, -0.15) is 13.2 Å². The average molecular weight is 243 g/mol. The van der Waals surface area contributed by atoms with Gasteiger partial charge in [0.25, 0.3) is 0 Å². The van der Waals surface area contributed by atoms with Crippen molar-refractivity contribution >= 4 is 15.9 Å². The number of hydrogen-bond donors (Lipinski definition) is 0. The quantitative estimate of drug-likeness (QED) is 0.512. The van der Waals surface area contributed by atoms with E-state index in [4.69, 9.17) is 0 Å². The lowest BCUT2D eigenvalue weighted by molar-refractivity contribution is -0.154. The summed E-state index contributed by atoms with van der Waals surface area (Å²) in [6.45, 7) is 0. The van der Waals surface area contributed by atoms with Crippen molar-refractivity contribution in [3.63, 3.8) is 0 Å². The van der Waals surface area contributed by atoms with Crippen molar-refractivity contribution in [3.8, 4) is 0 Å². The van der Waals surface area contributed by atoms with Crippen LogP contribution in [0.3, 0.4) is 0 Å². The van der Waals surface area contributed by atoms with Crippen LogP contribution in [0.5, 0.6) is 0 Å². The SMILES string of the molecule is FC(F)(F)CC1(CBr)CC=CC1. The first kappa shape index (κ1) is 10.1. The van der Waals surface area contributed by atoms with Gasteiger partial charge in [0.05, 0.1) is 6.42 Å². The van der Waals surface area contributed by atoms with Crippen molar-refractivity contribution in [2.24, 2.45) is 5.41 Å². The molecule has 0 aromatic rings. The van der Waals surface area contributed by atoms with Gasteiger partial charge in [-0.05, 0) is 18.3 Å². The third kappa shape index (κ3) is 2.51. The molecule has 0 atom stereocenters. The Bertz CT molecular complexity index is 175. The van der Waals surface area contributed by atoms with Gasteiger partial charge >= 0.3 is 6.18 Å². The minimum absolute atomic E-state index is 0.423. The second-order valence-corrected chi connectivity index (χ2v) is 3.87. The fraction of sp³-hybridized carbons (Fsp3) is 0.750. The molecule has 1 aliphatic carbocycles. The Morgan fingerprint density at radius 2 is 1.75 bits per heavy atom. The summed E-state index contributed by atoms with van der Waals surface area (Å²) in [6.07, 6.45) is 0.00750. The van der Waals surface area contributed by atoms with E-state index in [1.807, 2.05) is 12.2 Å². The van der Waals surface area contributed by atoms with Crippen LogP contribution in [-0.2, 0) is 0 Å². The molecule has 0 amide bonds. The topological polar surface area (TPSA) is 0 Å². The number of halogens is 4. The fourth-order valence-corrected chi connectivity index (χ4v) is 2.13. The zero-order valence-corrected chi connectivity index (χ0v) is 8.08. The summed E-state index contributed by atoms with van der Waals surface area (Å²) in [7, 11) is 0. The Kier molecular flexibility index (Phi) is 2.86. The Labute approximate surface area is 78.0 Å². The van der Waals surface area contributed by atoms with Crippen molar-refractivity contribution in [2.45, 2.75) is 25.4 Å². The zero-order chi connectivity index (χ0) is 9.24. The molecule has 0 N–H and O–H groups in total. The molecule has 1 aliphatic rings. The Hall–Kier alpha value is 0.01000. The van der Waals surface area contributed by atoms with Gasteiger partial charge in [-0.15, -0.1) is 0 Å². The molecule has 0 aliphatic heterocycles. The molecule has 0 heterocycles. The van der Waals surface area contributed by atoms with Crippen LogP contribution in [0.4, 0.5) is 13.2 Å². The molecule has 0 radical (unpaired) electrons. The molecule has 12 heavy (non-hydrogen) atoms. The lowest BCUT2D eigenvalue weighted by Gasteiger charge is -2.27. The molecule has 0 nitrogen and oxygen atoms in total. The van der Waals surface area contributed by atoms with Crippen molar-refractivity contribution in [1.82, 2.24) is 0 Å². The maximum atomic E-state index is 12.1. The molecule has 0 unspecified atom stereocenters. The normalized spacial score (nSPS) is 21.7. The van der Waals surface area contributed by atoms with Crippen LogP contribution in [0.25, 0.3) is 0 Å². The highest BCUT2D eigenvalue weighted by Gasteiger charge is 2.41. The molecule has 0 spiro atoms. The third-order valence-electron chi connectivity index (χ3n) is 2.13. The van der Waals surface area contributed by atoms with Crippen molar-refractivity contribution in [3.05, 3.63) is 12.2 Å². The van der Waals surface area contributed by atoms with E-state index in [1.54, 1.807) is 0 Å². The van der Waals surface area contributed by atoms with Crippen LogP contribution in [0.15, 0.2) is 12.2 Å². The first-order valence-corrected chi connectivity index (χ1v) is 4.87. The van der Waals surface area contributed by atoms with Crippen LogP contribution < -0.4 is 0 Å². The molecule has 0 saturated heterocycles. The summed E-state index contributed by atoms with van der Waals surface area (Å²) in [4.78, 5) is 0. The minimum Gasteiger partial charge on any atom is -0.171 e. The Balaban J connectivity index is 2.57. The van der Waals surface area contributed by atoms with Gasteiger partial charge in [-0.25, -0.2) is 0 Å². The first-order chi connectivity index (χ1) is 5.47. The number of allylic oxidation sites excluding steroid dienone is 2. The number of hydrogen-bond acceptors (Lipinski definition) is 0. The predicted molar refractivity (Wildman–Crippen MR) is 45.3 cm³/mol. The Morgan fingerprint density at radius 3 is 2.08 bits per heavy atom. The summed E-state index contributed by atoms with van der Waals surface area (Å²) in [5.74, 6) is 0. The van der Waals surface area contributed by atoms with E-state index in [0.717, 1.165) is 0 Å². The van der Waals surface area contributed by atoms with Crippen molar-refractivity contribution in [2.75, 3.05) is 5.33 Å². The molecule has 4 heteroatoms. The first-order valence-electron chi connectivity index (χ1n) is 3.75. The average Bonchev–Trinajstić information content (AvgIpc) is 2.34. The second kappa shape index (κ2) is 3.40. The van der Waals surface area contributed by atoms with Gasteiger partial charge in [0.15, 0.2) is 0 Å². The maximum absolute atomic E-state index is 12.1. The van der Waals surface area contributed by atoms with Gasteiger partial charge in [0, 0.05) is 5.33 Å². The summed E-state index contributed by atoms with van der Waals surface area (Å²) in [6, 6.07) is 0. The summed E-state index contributed by atoms with van der Waals surface area (Å²) in [5, 5.41) is 0.423. The molecule has 70 valence electrons. The molecule has 0 aromatic heterocycles. The van der Waals surface area contributed by atoms with Gasteiger partial charge in [0.2, 0.25) is 0 Å². The van der Waals surface area contributed by atoms with Crippen molar-refractivity contribution in [1.29, 1.82) is 0 Å². The highest BCUT2D eigenvalue weighted by molar-refractivity contribution is 9.09. The molecular formula is C8H10BrF3. The highest BCUT2D eigenvalue weighted by Crippen LogP contribution is 2.43. The fourth-order valence-electron chi connectivity index (χ4n) is 1.48. The van der Waals surface area contributed by atoms with Gasteiger partial charge < -0.3 is 0 Å². The van der Waals surface area contributed by atoms with Crippen LogP contribution in [0.2, 0.25) is 0 Å². The molecule has 0 aromatic carbocycles. The highest BCUT2D eigenvalue weighted by atomic mass is 79.9. The molecular weight excluding hydrogens is 233 g/mol.